The van der Waals surface area contributed by atoms with Crippen LogP contribution in [-0.2, 0) is 16.6 Å². The van der Waals surface area contributed by atoms with Gasteiger partial charge in [0.1, 0.15) is 0 Å². The van der Waals surface area contributed by atoms with Crippen molar-refractivity contribution in [3.05, 3.63) is 23.9 Å². The largest absolute Gasteiger partial charge is 0.382 e. The van der Waals surface area contributed by atoms with Crippen molar-refractivity contribution in [3.8, 4) is 0 Å². The minimum absolute atomic E-state index is 0.196. The molecule has 3 fully saturated rings. The molecule has 7 heteroatoms. The molecule has 1 spiro atoms. The van der Waals surface area contributed by atoms with Crippen LogP contribution >= 0.6 is 0 Å². The van der Waals surface area contributed by atoms with Crippen LogP contribution in [0.4, 0.5) is 5.69 Å². The van der Waals surface area contributed by atoms with E-state index >= 15 is 0 Å². The van der Waals surface area contributed by atoms with Crippen LogP contribution in [0.15, 0.2) is 18.2 Å². The average molecular weight is 367 g/mol. The Morgan fingerprint density at radius 3 is 2.89 bits per heavy atom. The third-order valence-corrected chi connectivity index (χ3v) is 6.30. The molecular weight excluding hydrogens is 342 g/mol. The topological polar surface area (TPSA) is 88.0 Å². The van der Waals surface area contributed by atoms with Gasteiger partial charge in [0.2, 0.25) is 11.8 Å². The van der Waals surface area contributed by atoms with Crippen molar-refractivity contribution in [1.29, 1.82) is 0 Å². The molecule has 3 aliphatic rings. The number of nitrogens with one attached hydrogen (secondary N) is 3. The Balaban J connectivity index is 1.40. The summed E-state index contributed by atoms with van der Waals surface area (Å²) in [6.07, 6.45) is 5.78. The van der Waals surface area contributed by atoms with Crippen molar-refractivity contribution in [1.82, 2.24) is 20.4 Å². The quantitative estimate of drug-likeness (QED) is 0.720. The fraction of sp³-hybridized carbons (Fsp3) is 0.550. The van der Waals surface area contributed by atoms with Gasteiger partial charge in [0.15, 0.2) is 0 Å². The van der Waals surface area contributed by atoms with E-state index in [1.54, 1.807) is 0 Å². The number of piperidine rings is 2. The summed E-state index contributed by atoms with van der Waals surface area (Å²) in [6, 6.07) is 6.76. The molecule has 5 rings (SSSR count). The van der Waals surface area contributed by atoms with Crippen molar-refractivity contribution < 1.29 is 9.59 Å². The molecule has 2 amide bonds. The van der Waals surface area contributed by atoms with Crippen molar-refractivity contribution in [2.75, 3.05) is 11.9 Å². The summed E-state index contributed by atoms with van der Waals surface area (Å²) in [4.78, 5) is 23.7. The summed E-state index contributed by atoms with van der Waals surface area (Å²) in [5, 5.41) is 15.4. The summed E-state index contributed by atoms with van der Waals surface area (Å²) in [7, 11) is 1.91. The molecular formula is C20H25N5O2. The Kier molecular flexibility index (Phi) is 3.75. The molecule has 142 valence electrons. The number of nitrogens with zero attached hydrogens (tertiary/aromatic N) is 2. The first kappa shape index (κ1) is 16.7. The SMILES string of the molecule is Cn1nc(C2CCC(=O)NC2=O)c2ccc(NC3CCNC4(CC4)C3)cc21. The number of hydrogen-bond acceptors (Lipinski definition) is 5. The molecule has 2 saturated heterocycles. The number of rotatable bonds is 3. The number of imide groups is 1. The molecule has 2 unspecified atom stereocenters. The first-order valence-corrected chi connectivity index (χ1v) is 9.85. The zero-order valence-corrected chi connectivity index (χ0v) is 15.5. The van der Waals surface area contributed by atoms with Crippen LogP contribution in [0.1, 0.15) is 50.1 Å². The van der Waals surface area contributed by atoms with Gasteiger partial charge in [-0.1, -0.05) is 0 Å². The fourth-order valence-electron chi connectivity index (χ4n) is 4.64. The molecule has 1 saturated carbocycles. The molecule has 2 aliphatic heterocycles. The van der Waals surface area contributed by atoms with Crippen LogP contribution < -0.4 is 16.0 Å². The fourth-order valence-corrected chi connectivity index (χ4v) is 4.64. The molecule has 1 aromatic heterocycles. The van der Waals surface area contributed by atoms with Gasteiger partial charge >= 0.3 is 0 Å². The van der Waals surface area contributed by atoms with E-state index in [2.05, 4.69) is 39.2 Å². The highest BCUT2D eigenvalue weighted by Gasteiger charge is 2.45. The van der Waals surface area contributed by atoms with E-state index < -0.39 is 0 Å². The van der Waals surface area contributed by atoms with Crippen LogP contribution in [0, 0.1) is 0 Å². The van der Waals surface area contributed by atoms with E-state index in [0.717, 1.165) is 35.2 Å². The number of amides is 2. The van der Waals surface area contributed by atoms with Gasteiger partial charge in [-0.2, -0.15) is 5.10 Å². The third-order valence-electron chi connectivity index (χ3n) is 6.30. The Labute approximate surface area is 157 Å². The number of aromatic nitrogens is 2. The van der Waals surface area contributed by atoms with Crippen molar-refractivity contribution in [2.24, 2.45) is 7.05 Å². The third kappa shape index (κ3) is 3.00. The summed E-state index contributed by atoms with van der Waals surface area (Å²) in [5.41, 5.74) is 3.27. The predicted octanol–water partition coefficient (Wildman–Crippen LogP) is 1.79. The lowest BCUT2D eigenvalue weighted by Gasteiger charge is -2.31. The zero-order chi connectivity index (χ0) is 18.6. The van der Waals surface area contributed by atoms with Gasteiger partial charge in [-0.3, -0.25) is 19.6 Å². The summed E-state index contributed by atoms with van der Waals surface area (Å²) in [5.74, 6) is -0.791. The number of anilines is 1. The first-order valence-electron chi connectivity index (χ1n) is 9.85. The summed E-state index contributed by atoms with van der Waals surface area (Å²) >= 11 is 0. The van der Waals surface area contributed by atoms with Gasteiger partial charge in [0.25, 0.3) is 0 Å². The van der Waals surface area contributed by atoms with Gasteiger partial charge in [0, 0.05) is 36.1 Å². The summed E-state index contributed by atoms with van der Waals surface area (Å²) in [6.45, 7) is 1.07. The Bertz CT molecular complexity index is 930. The molecule has 0 radical (unpaired) electrons. The van der Waals surface area contributed by atoms with Gasteiger partial charge in [-0.15, -0.1) is 0 Å². The second-order valence-corrected chi connectivity index (χ2v) is 8.29. The van der Waals surface area contributed by atoms with Gasteiger partial charge < -0.3 is 10.6 Å². The lowest BCUT2D eigenvalue weighted by molar-refractivity contribution is -0.134. The van der Waals surface area contributed by atoms with E-state index in [0.29, 0.717) is 24.4 Å². The van der Waals surface area contributed by atoms with E-state index in [1.807, 2.05) is 11.7 Å². The molecule has 1 aromatic carbocycles. The van der Waals surface area contributed by atoms with Crippen LogP contribution in [0.2, 0.25) is 0 Å². The number of benzene rings is 1. The normalized spacial score (nSPS) is 27.0. The smallest absolute Gasteiger partial charge is 0.235 e. The number of carbonyl (C=O) groups is 2. The number of carbonyl (C=O) groups excluding carboxylic acids is 2. The minimum atomic E-state index is -0.357. The van der Waals surface area contributed by atoms with Crippen LogP contribution in [0.25, 0.3) is 10.9 Å². The van der Waals surface area contributed by atoms with E-state index in [1.165, 1.54) is 19.3 Å². The van der Waals surface area contributed by atoms with E-state index in [9.17, 15) is 9.59 Å². The van der Waals surface area contributed by atoms with Crippen LogP contribution in [-0.4, -0.2) is 39.7 Å². The monoisotopic (exact) mass is 367 g/mol. The Hall–Kier alpha value is -2.41. The standard InChI is InChI=1S/C20H25N5O2/c1-25-16-10-12(22-13-6-9-21-20(11-13)7-8-20)2-3-14(16)18(24-25)15-4-5-17(26)23-19(15)27/h2-3,10,13,15,21-22H,4-9,11H2,1H3,(H,23,26,27). The summed E-state index contributed by atoms with van der Waals surface area (Å²) < 4.78 is 1.84. The molecule has 2 atom stereocenters. The number of fused-ring (bicyclic) bond motifs is 1. The number of hydrogen-bond donors (Lipinski definition) is 3. The highest BCUT2D eigenvalue weighted by molar-refractivity contribution is 6.02. The van der Waals surface area contributed by atoms with Crippen LogP contribution in [0.3, 0.4) is 0 Å². The Morgan fingerprint density at radius 1 is 1.26 bits per heavy atom. The van der Waals surface area contributed by atoms with Crippen LogP contribution in [0.5, 0.6) is 0 Å². The lowest BCUT2D eigenvalue weighted by Crippen LogP contribution is -2.44. The van der Waals surface area contributed by atoms with Crippen molar-refractivity contribution >= 4 is 28.4 Å². The molecule has 2 aromatic rings. The molecule has 1 aliphatic carbocycles. The first-order chi connectivity index (χ1) is 13.0. The maximum absolute atomic E-state index is 12.3. The minimum Gasteiger partial charge on any atom is -0.382 e. The molecule has 0 bridgehead atoms. The zero-order valence-electron chi connectivity index (χ0n) is 15.5. The van der Waals surface area contributed by atoms with Gasteiger partial charge in [-0.25, -0.2) is 0 Å². The molecule has 27 heavy (non-hydrogen) atoms. The van der Waals surface area contributed by atoms with Gasteiger partial charge in [0.05, 0.1) is 17.1 Å². The average Bonchev–Trinajstić information content (AvgIpc) is 3.30. The lowest BCUT2D eigenvalue weighted by atomic mass is 9.92. The van der Waals surface area contributed by atoms with E-state index in [-0.39, 0.29) is 17.7 Å². The molecule has 7 nitrogen and oxygen atoms in total. The highest BCUT2D eigenvalue weighted by Crippen LogP contribution is 2.42. The van der Waals surface area contributed by atoms with E-state index in [4.69, 9.17) is 0 Å². The molecule has 3 heterocycles. The maximum Gasteiger partial charge on any atom is 0.235 e. The molecule has 3 N–H and O–H groups in total. The highest BCUT2D eigenvalue weighted by atomic mass is 16.2. The van der Waals surface area contributed by atoms with Gasteiger partial charge in [-0.05, 0) is 56.8 Å². The second-order valence-electron chi connectivity index (χ2n) is 8.29. The Morgan fingerprint density at radius 2 is 2.11 bits per heavy atom. The van der Waals surface area contributed by atoms with Crippen molar-refractivity contribution in [3.63, 3.8) is 0 Å². The second kappa shape index (κ2) is 6.05. The number of aryl methyl sites for hydroxylation is 1. The maximum atomic E-state index is 12.3. The predicted molar refractivity (Wildman–Crippen MR) is 102 cm³/mol. The van der Waals surface area contributed by atoms with Crippen molar-refractivity contribution in [2.45, 2.75) is 56.0 Å².